The van der Waals surface area contributed by atoms with E-state index in [1.807, 2.05) is 85.1 Å². The molecule has 8 nitrogen and oxygen atoms in total. The maximum Gasteiger partial charge on any atom is 0.272 e. The number of rotatable bonds is 13. The number of aromatic nitrogens is 1. The van der Waals surface area contributed by atoms with Crippen molar-refractivity contribution < 1.29 is 19.1 Å². The van der Waals surface area contributed by atoms with E-state index in [0.717, 1.165) is 21.7 Å². The topological polar surface area (TPSA) is 109 Å². The Morgan fingerprint density at radius 2 is 1.50 bits per heavy atom. The van der Waals surface area contributed by atoms with Gasteiger partial charge in [0.25, 0.3) is 11.8 Å². The highest BCUT2D eigenvalue weighted by molar-refractivity contribution is 8.00. The predicted octanol–water partition coefficient (Wildman–Crippen LogP) is 9.74. The van der Waals surface area contributed by atoms with Crippen LogP contribution >= 0.6 is 34.7 Å². The number of ether oxygens (including phenoxy) is 1. The molecule has 3 N–H and O–H groups in total. The Morgan fingerprint density at radius 3 is 2.17 bits per heavy atom. The van der Waals surface area contributed by atoms with Crippen LogP contribution in [0.25, 0.3) is 17.3 Å². The first-order valence-electron chi connectivity index (χ1n) is 16.3. The summed E-state index contributed by atoms with van der Waals surface area (Å²) in [5, 5.41) is 11.1. The lowest BCUT2D eigenvalue weighted by molar-refractivity contribution is -0.116. The van der Waals surface area contributed by atoms with Gasteiger partial charge in [0.1, 0.15) is 16.7 Å². The van der Waals surface area contributed by atoms with E-state index >= 15 is 0 Å². The lowest BCUT2D eigenvalue weighted by atomic mass is 10.1. The van der Waals surface area contributed by atoms with E-state index in [4.69, 9.17) is 16.3 Å². The number of benzene rings is 5. The van der Waals surface area contributed by atoms with Crippen LogP contribution in [-0.4, -0.2) is 29.3 Å². The van der Waals surface area contributed by atoms with Crippen LogP contribution in [0.1, 0.15) is 33.7 Å². The lowest BCUT2D eigenvalue weighted by Crippen LogP contribution is -2.30. The first-order chi connectivity index (χ1) is 25.3. The maximum absolute atomic E-state index is 13.7. The zero-order valence-corrected chi connectivity index (χ0v) is 30.3. The second-order valence-electron chi connectivity index (χ2n) is 11.3. The fourth-order valence-electron chi connectivity index (χ4n) is 5.04. The van der Waals surface area contributed by atoms with Gasteiger partial charge in [-0.15, -0.1) is 23.1 Å². The molecule has 1 atom stereocenters. The van der Waals surface area contributed by atoms with Gasteiger partial charge in [-0.05, 0) is 84.8 Å². The average Bonchev–Trinajstić information content (AvgIpc) is 3.64. The molecule has 0 saturated heterocycles. The number of carbonyl (C=O) groups excluding carboxylic acids is 3. The highest BCUT2D eigenvalue weighted by Crippen LogP contribution is 2.37. The third-order valence-electron chi connectivity index (χ3n) is 7.61. The summed E-state index contributed by atoms with van der Waals surface area (Å²) in [5.74, 6) is -0.426. The van der Waals surface area contributed by atoms with Gasteiger partial charge in [-0.3, -0.25) is 14.4 Å². The van der Waals surface area contributed by atoms with Gasteiger partial charge in [0, 0.05) is 32.1 Å². The molecule has 0 aliphatic rings. The van der Waals surface area contributed by atoms with Crippen molar-refractivity contribution in [3.05, 3.63) is 166 Å². The van der Waals surface area contributed by atoms with E-state index in [9.17, 15) is 14.4 Å². The minimum Gasteiger partial charge on any atom is -0.494 e. The number of nitrogens with one attached hydrogen (secondary N) is 3. The number of hydrogen-bond donors (Lipinski definition) is 3. The van der Waals surface area contributed by atoms with Crippen molar-refractivity contribution in [1.29, 1.82) is 0 Å². The number of halogens is 1. The van der Waals surface area contributed by atoms with Crippen molar-refractivity contribution >= 4 is 69.3 Å². The first-order valence-corrected chi connectivity index (χ1v) is 18.4. The van der Waals surface area contributed by atoms with Gasteiger partial charge in [0.15, 0.2) is 5.13 Å². The van der Waals surface area contributed by atoms with Crippen molar-refractivity contribution in [3.8, 4) is 17.0 Å². The molecular weight excluding hydrogens is 712 g/mol. The van der Waals surface area contributed by atoms with Crippen LogP contribution in [0.2, 0.25) is 5.02 Å². The summed E-state index contributed by atoms with van der Waals surface area (Å²) >= 11 is 8.76. The summed E-state index contributed by atoms with van der Waals surface area (Å²) in [4.78, 5) is 45.8. The molecule has 1 unspecified atom stereocenters. The molecule has 52 heavy (non-hydrogen) atoms. The molecule has 1 heterocycles. The fourth-order valence-corrected chi connectivity index (χ4v) is 6.92. The van der Waals surface area contributed by atoms with Crippen molar-refractivity contribution in [2.24, 2.45) is 0 Å². The standard InChI is InChI=1S/C41H33ClN4O4S2/c1-2-50-33-21-13-27(14-22-33)25-35(44-38(47)30-11-7-4-8-12-30)39(48)43-32-19-23-34(24-20-32)52-37(29-9-5-3-6-10-29)40(49)46-41-45-36(26-51-41)28-15-17-31(42)18-16-28/h3-26,37H,2H2,1H3,(H,43,48)(H,44,47)(H,45,46,49)/b35-25-. The van der Waals surface area contributed by atoms with Crippen LogP contribution in [0, 0.1) is 0 Å². The van der Waals surface area contributed by atoms with E-state index in [0.29, 0.717) is 39.3 Å². The number of thioether (sulfide) groups is 1. The third-order valence-corrected chi connectivity index (χ3v) is 9.89. The largest absolute Gasteiger partial charge is 0.494 e. The van der Waals surface area contributed by atoms with Crippen molar-refractivity contribution in [3.63, 3.8) is 0 Å². The molecule has 6 rings (SSSR count). The predicted molar refractivity (Wildman–Crippen MR) is 211 cm³/mol. The molecular formula is C41H33ClN4O4S2. The van der Waals surface area contributed by atoms with Crippen molar-refractivity contribution in [2.75, 3.05) is 17.2 Å². The average molecular weight is 745 g/mol. The SMILES string of the molecule is CCOc1ccc(/C=C(\NC(=O)c2ccccc2)C(=O)Nc2ccc(SC(C(=O)Nc3nc(-c4ccc(Cl)cc4)cs3)c3ccccc3)cc2)cc1. The van der Waals surface area contributed by atoms with Crippen molar-refractivity contribution in [1.82, 2.24) is 10.3 Å². The molecule has 3 amide bonds. The van der Waals surface area contributed by atoms with E-state index in [2.05, 4.69) is 20.9 Å². The van der Waals surface area contributed by atoms with Crippen LogP contribution in [0.5, 0.6) is 5.75 Å². The number of anilines is 2. The molecule has 1 aromatic heterocycles. The highest BCUT2D eigenvalue weighted by atomic mass is 35.5. The van der Waals surface area contributed by atoms with Crippen LogP contribution < -0.4 is 20.7 Å². The monoisotopic (exact) mass is 744 g/mol. The molecule has 0 bridgehead atoms. The molecule has 11 heteroatoms. The Kier molecular flexibility index (Phi) is 12.2. The van der Waals surface area contributed by atoms with Gasteiger partial charge in [-0.25, -0.2) is 4.98 Å². The molecule has 0 radical (unpaired) electrons. The Bertz CT molecular complexity index is 2160. The Labute approximate surface area is 314 Å². The van der Waals surface area contributed by atoms with E-state index in [-0.39, 0.29) is 11.6 Å². The molecule has 0 saturated carbocycles. The van der Waals surface area contributed by atoms with Gasteiger partial charge in [-0.1, -0.05) is 84.4 Å². The van der Waals surface area contributed by atoms with Crippen LogP contribution in [0.3, 0.4) is 0 Å². The van der Waals surface area contributed by atoms with E-state index in [1.165, 1.54) is 23.1 Å². The summed E-state index contributed by atoms with van der Waals surface area (Å²) in [6, 6.07) is 40.0. The molecule has 6 aromatic rings. The minimum atomic E-state index is -0.582. The molecule has 0 fully saturated rings. The molecule has 0 aliphatic carbocycles. The minimum absolute atomic E-state index is 0.0682. The third kappa shape index (κ3) is 9.76. The first kappa shape index (κ1) is 36.1. The number of carbonyl (C=O) groups is 3. The van der Waals surface area contributed by atoms with Crippen molar-refractivity contribution in [2.45, 2.75) is 17.1 Å². The van der Waals surface area contributed by atoms with Gasteiger partial charge >= 0.3 is 0 Å². The maximum atomic E-state index is 13.7. The number of thiazole rings is 1. The number of nitrogens with zero attached hydrogens (tertiary/aromatic N) is 1. The summed E-state index contributed by atoms with van der Waals surface area (Å²) in [5.41, 5.74) is 4.18. The zero-order chi connectivity index (χ0) is 36.3. The fraction of sp³-hybridized carbons (Fsp3) is 0.0732. The summed E-state index contributed by atoms with van der Waals surface area (Å²) < 4.78 is 5.53. The van der Waals surface area contributed by atoms with Gasteiger partial charge in [0.05, 0.1) is 12.3 Å². The Balaban J connectivity index is 1.16. The van der Waals surface area contributed by atoms with Gasteiger partial charge in [-0.2, -0.15) is 0 Å². The number of amides is 3. The van der Waals surface area contributed by atoms with Gasteiger partial charge < -0.3 is 20.7 Å². The van der Waals surface area contributed by atoms with Gasteiger partial charge in [0.2, 0.25) is 5.91 Å². The molecule has 260 valence electrons. The van der Waals surface area contributed by atoms with Crippen LogP contribution in [0.4, 0.5) is 10.8 Å². The normalized spacial score (nSPS) is 11.7. The Hall–Kier alpha value is -5.68. The molecule has 5 aromatic carbocycles. The second-order valence-corrected chi connectivity index (χ2v) is 13.8. The summed E-state index contributed by atoms with van der Waals surface area (Å²) in [6.07, 6.45) is 1.61. The quantitative estimate of drug-likeness (QED) is 0.0803. The summed E-state index contributed by atoms with van der Waals surface area (Å²) in [6.45, 7) is 2.44. The second kappa shape index (κ2) is 17.5. The van der Waals surface area contributed by atoms with E-state index < -0.39 is 17.1 Å². The lowest BCUT2D eigenvalue weighted by Gasteiger charge is -2.17. The smallest absolute Gasteiger partial charge is 0.272 e. The van der Waals surface area contributed by atoms with Crippen LogP contribution in [-0.2, 0) is 9.59 Å². The summed E-state index contributed by atoms with van der Waals surface area (Å²) in [7, 11) is 0. The zero-order valence-electron chi connectivity index (χ0n) is 27.9. The van der Waals surface area contributed by atoms with E-state index in [1.54, 1.807) is 66.7 Å². The Morgan fingerprint density at radius 1 is 0.827 bits per heavy atom. The van der Waals surface area contributed by atoms with Crippen LogP contribution in [0.15, 0.2) is 149 Å². The highest BCUT2D eigenvalue weighted by Gasteiger charge is 2.24. The molecule has 0 aliphatic heterocycles. The molecule has 0 spiro atoms. The number of hydrogen-bond acceptors (Lipinski definition) is 7.